The van der Waals surface area contributed by atoms with Crippen molar-refractivity contribution >= 4 is 0 Å². The van der Waals surface area contributed by atoms with Crippen molar-refractivity contribution in [2.75, 3.05) is 7.05 Å². The minimum Gasteiger partial charge on any atom is -0.309 e. The highest BCUT2D eigenvalue weighted by atomic mass is 19.3. The van der Waals surface area contributed by atoms with Crippen LogP contribution in [0.25, 0.3) is 0 Å². The van der Waals surface area contributed by atoms with Gasteiger partial charge in [0.25, 0.3) is 5.92 Å². The number of benzene rings is 1. The SMILES string of the molecule is CNC1(C(F)(F)c2ccccc2)CC1. The Morgan fingerprint density at radius 2 is 1.79 bits per heavy atom. The van der Waals surface area contributed by atoms with Gasteiger partial charge in [-0.1, -0.05) is 30.3 Å². The molecule has 14 heavy (non-hydrogen) atoms. The summed E-state index contributed by atoms with van der Waals surface area (Å²) in [4.78, 5) is 0. The van der Waals surface area contributed by atoms with Crippen LogP contribution in [0.15, 0.2) is 30.3 Å². The Bertz CT molecular complexity index is 317. The van der Waals surface area contributed by atoms with Crippen LogP contribution in [0, 0.1) is 0 Å². The van der Waals surface area contributed by atoms with E-state index < -0.39 is 11.5 Å². The van der Waals surface area contributed by atoms with Gasteiger partial charge in [0.1, 0.15) is 0 Å². The summed E-state index contributed by atoms with van der Waals surface area (Å²) in [6.07, 6.45) is 1.09. The summed E-state index contributed by atoms with van der Waals surface area (Å²) in [5.41, 5.74) is -0.888. The first-order valence-corrected chi connectivity index (χ1v) is 4.75. The second-order valence-corrected chi connectivity index (χ2v) is 3.77. The average molecular weight is 197 g/mol. The first-order valence-electron chi connectivity index (χ1n) is 4.75. The lowest BCUT2D eigenvalue weighted by atomic mass is 9.99. The number of likely N-dealkylation sites (N-methyl/N-ethyl adjacent to an activating group) is 1. The van der Waals surface area contributed by atoms with E-state index in [1.165, 1.54) is 12.1 Å². The Morgan fingerprint density at radius 1 is 1.21 bits per heavy atom. The molecule has 0 bridgehead atoms. The molecule has 0 aliphatic heterocycles. The van der Waals surface area contributed by atoms with Gasteiger partial charge in [-0.05, 0) is 19.9 Å². The fourth-order valence-electron chi connectivity index (χ4n) is 1.77. The summed E-state index contributed by atoms with van der Waals surface area (Å²) in [7, 11) is 1.60. The summed E-state index contributed by atoms with van der Waals surface area (Å²) in [5, 5.41) is 2.74. The van der Waals surface area contributed by atoms with Gasteiger partial charge < -0.3 is 5.32 Å². The van der Waals surface area contributed by atoms with E-state index in [0.29, 0.717) is 12.8 Å². The molecular formula is C11H13F2N. The lowest BCUT2D eigenvalue weighted by Gasteiger charge is -2.26. The molecule has 0 spiro atoms. The van der Waals surface area contributed by atoms with Crippen LogP contribution < -0.4 is 5.32 Å². The zero-order valence-electron chi connectivity index (χ0n) is 8.06. The third-order valence-corrected chi connectivity index (χ3v) is 2.97. The molecule has 1 fully saturated rings. The van der Waals surface area contributed by atoms with Crippen molar-refractivity contribution in [2.24, 2.45) is 0 Å². The molecule has 2 rings (SSSR count). The fourth-order valence-corrected chi connectivity index (χ4v) is 1.77. The van der Waals surface area contributed by atoms with Crippen molar-refractivity contribution in [1.29, 1.82) is 0 Å². The van der Waals surface area contributed by atoms with Crippen LogP contribution in [0.2, 0.25) is 0 Å². The van der Waals surface area contributed by atoms with Crippen LogP contribution in [0.5, 0.6) is 0 Å². The number of nitrogens with one attached hydrogen (secondary N) is 1. The predicted octanol–water partition coefficient (Wildman–Crippen LogP) is 2.53. The van der Waals surface area contributed by atoms with Crippen LogP contribution in [0.3, 0.4) is 0 Å². The number of halogens is 2. The van der Waals surface area contributed by atoms with Crippen molar-refractivity contribution in [1.82, 2.24) is 5.32 Å². The lowest BCUT2D eigenvalue weighted by molar-refractivity contribution is -0.0532. The van der Waals surface area contributed by atoms with E-state index in [9.17, 15) is 8.78 Å². The van der Waals surface area contributed by atoms with Gasteiger partial charge in [-0.15, -0.1) is 0 Å². The van der Waals surface area contributed by atoms with Crippen molar-refractivity contribution in [3.8, 4) is 0 Å². The van der Waals surface area contributed by atoms with Crippen molar-refractivity contribution in [3.05, 3.63) is 35.9 Å². The molecule has 1 aromatic rings. The minimum atomic E-state index is -2.76. The topological polar surface area (TPSA) is 12.0 Å². The first kappa shape index (κ1) is 9.59. The Morgan fingerprint density at radius 3 is 2.21 bits per heavy atom. The van der Waals surface area contributed by atoms with Crippen LogP contribution >= 0.6 is 0 Å². The highest BCUT2D eigenvalue weighted by molar-refractivity contribution is 5.28. The van der Waals surface area contributed by atoms with Crippen LogP contribution in [0.4, 0.5) is 8.78 Å². The van der Waals surface area contributed by atoms with Gasteiger partial charge in [-0.3, -0.25) is 0 Å². The number of hydrogen-bond acceptors (Lipinski definition) is 1. The van der Waals surface area contributed by atoms with E-state index in [-0.39, 0.29) is 5.56 Å². The van der Waals surface area contributed by atoms with E-state index >= 15 is 0 Å². The standard InChI is InChI=1S/C11H13F2N/c1-14-10(7-8-10)11(12,13)9-5-3-2-4-6-9/h2-6,14H,7-8H2,1H3. The quantitative estimate of drug-likeness (QED) is 0.785. The summed E-state index contributed by atoms with van der Waals surface area (Å²) in [6.45, 7) is 0. The van der Waals surface area contributed by atoms with E-state index in [1.807, 2.05) is 0 Å². The molecule has 0 unspecified atom stereocenters. The Kier molecular flexibility index (Phi) is 2.07. The number of alkyl halides is 2. The zero-order chi connectivity index (χ0) is 10.2. The summed E-state index contributed by atoms with van der Waals surface area (Å²) in [5.74, 6) is -2.76. The van der Waals surface area contributed by atoms with Gasteiger partial charge in [0, 0.05) is 5.56 Å². The van der Waals surface area contributed by atoms with E-state index in [4.69, 9.17) is 0 Å². The molecule has 0 radical (unpaired) electrons. The van der Waals surface area contributed by atoms with Crippen molar-refractivity contribution < 1.29 is 8.78 Å². The normalized spacial score (nSPS) is 19.4. The molecule has 1 aromatic carbocycles. The van der Waals surface area contributed by atoms with Gasteiger partial charge in [0.05, 0.1) is 5.54 Å². The Balaban J connectivity index is 2.33. The van der Waals surface area contributed by atoms with E-state index in [2.05, 4.69) is 5.32 Å². The van der Waals surface area contributed by atoms with Gasteiger partial charge in [-0.25, -0.2) is 0 Å². The number of hydrogen-bond donors (Lipinski definition) is 1. The maximum atomic E-state index is 13.9. The zero-order valence-corrected chi connectivity index (χ0v) is 8.06. The predicted molar refractivity (Wildman–Crippen MR) is 51.4 cm³/mol. The summed E-state index contributed by atoms with van der Waals surface area (Å²) in [6, 6.07) is 8.01. The third-order valence-electron chi connectivity index (χ3n) is 2.97. The maximum Gasteiger partial charge on any atom is 0.290 e. The molecule has 0 amide bonds. The molecule has 1 aliphatic rings. The largest absolute Gasteiger partial charge is 0.309 e. The second-order valence-electron chi connectivity index (χ2n) is 3.77. The Labute approximate surface area is 82.1 Å². The third kappa shape index (κ3) is 1.23. The Hall–Kier alpha value is -0.960. The van der Waals surface area contributed by atoms with Crippen molar-refractivity contribution in [3.63, 3.8) is 0 Å². The monoisotopic (exact) mass is 197 g/mol. The van der Waals surface area contributed by atoms with Gasteiger partial charge in [0.2, 0.25) is 0 Å². The van der Waals surface area contributed by atoms with Gasteiger partial charge >= 0.3 is 0 Å². The molecule has 1 N–H and O–H groups in total. The molecule has 0 heterocycles. The summed E-state index contributed by atoms with van der Waals surface area (Å²) >= 11 is 0. The van der Waals surface area contributed by atoms with Crippen LogP contribution in [0.1, 0.15) is 18.4 Å². The molecule has 1 nitrogen and oxygen atoms in total. The highest BCUT2D eigenvalue weighted by Crippen LogP contribution is 2.53. The molecular weight excluding hydrogens is 184 g/mol. The maximum absolute atomic E-state index is 13.9. The molecule has 76 valence electrons. The van der Waals surface area contributed by atoms with Crippen LogP contribution in [-0.4, -0.2) is 12.6 Å². The van der Waals surface area contributed by atoms with Gasteiger partial charge in [-0.2, -0.15) is 8.78 Å². The lowest BCUT2D eigenvalue weighted by Crippen LogP contribution is -2.43. The van der Waals surface area contributed by atoms with E-state index in [0.717, 1.165) is 0 Å². The first-order chi connectivity index (χ1) is 6.62. The molecule has 0 aromatic heterocycles. The minimum absolute atomic E-state index is 0.104. The smallest absolute Gasteiger partial charge is 0.290 e. The second kappa shape index (κ2) is 3.02. The number of rotatable bonds is 3. The van der Waals surface area contributed by atoms with E-state index in [1.54, 1.807) is 25.2 Å². The average Bonchev–Trinajstić information content (AvgIpc) is 3.00. The molecule has 1 aliphatic carbocycles. The van der Waals surface area contributed by atoms with Crippen LogP contribution in [-0.2, 0) is 5.92 Å². The molecule has 3 heteroatoms. The molecule has 0 atom stereocenters. The fraction of sp³-hybridized carbons (Fsp3) is 0.455. The van der Waals surface area contributed by atoms with Crippen molar-refractivity contribution in [2.45, 2.75) is 24.3 Å². The van der Waals surface area contributed by atoms with Gasteiger partial charge in [0.15, 0.2) is 0 Å². The molecule has 1 saturated carbocycles. The highest BCUT2D eigenvalue weighted by Gasteiger charge is 2.61. The molecule has 0 saturated heterocycles. The summed E-state index contributed by atoms with van der Waals surface area (Å²) < 4.78 is 27.9.